The van der Waals surface area contributed by atoms with Crippen LogP contribution in [0.3, 0.4) is 0 Å². The van der Waals surface area contributed by atoms with Gasteiger partial charge in [-0.15, -0.1) is 11.8 Å². The first-order valence-corrected chi connectivity index (χ1v) is 9.19. The van der Waals surface area contributed by atoms with Crippen molar-refractivity contribution in [2.75, 3.05) is 17.2 Å². The van der Waals surface area contributed by atoms with Crippen LogP contribution >= 0.6 is 11.8 Å². The second kappa shape index (κ2) is 6.84. The molecule has 1 aliphatic rings. The molecule has 0 N–H and O–H groups in total. The van der Waals surface area contributed by atoms with Gasteiger partial charge in [-0.05, 0) is 18.2 Å². The molecule has 3 aromatic rings. The molecule has 0 fully saturated rings. The monoisotopic (exact) mass is 382 g/mol. The first-order chi connectivity index (χ1) is 13.0. The molecule has 2 heterocycles. The Labute approximate surface area is 157 Å². The number of non-ortho nitro benzene ring substituents is 1. The van der Waals surface area contributed by atoms with E-state index in [0.29, 0.717) is 6.54 Å². The standard InChI is InChI=1S/C18H14N4O4S/c23-17(21-7-8-27-16-4-2-1-3-15(16)21)10-20-11-19-14-9-12(22(25)26)5-6-13(14)18(20)24/h1-6,9,11H,7-8,10H2. The molecular weight excluding hydrogens is 368 g/mol. The van der Waals surface area contributed by atoms with Crippen molar-refractivity contribution in [1.29, 1.82) is 0 Å². The van der Waals surface area contributed by atoms with E-state index in [-0.39, 0.29) is 29.0 Å². The molecule has 4 rings (SSSR count). The van der Waals surface area contributed by atoms with Crippen LogP contribution < -0.4 is 10.5 Å². The number of rotatable bonds is 3. The summed E-state index contributed by atoms with van der Waals surface area (Å²) in [6.07, 6.45) is 1.26. The number of fused-ring (bicyclic) bond motifs is 2. The molecule has 9 heteroatoms. The first-order valence-electron chi connectivity index (χ1n) is 8.20. The Morgan fingerprint density at radius 2 is 2.07 bits per heavy atom. The molecule has 1 amide bonds. The summed E-state index contributed by atoms with van der Waals surface area (Å²) < 4.78 is 1.24. The Balaban J connectivity index is 1.65. The summed E-state index contributed by atoms with van der Waals surface area (Å²) in [7, 11) is 0. The highest BCUT2D eigenvalue weighted by Crippen LogP contribution is 2.34. The lowest BCUT2D eigenvalue weighted by Crippen LogP contribution is -2.39. The van der Waals surface area contributed by atoms with E-state index in [1.807, 2.05) is 24.3 Å². The third-order valence-electron chi connectivity index (χ3n) is 4.35. The molecular formula is C18H14N4O4S. The number of benzene rings is 2. The molecule has 27 heavy (non-hydrogen) atoms. The van der Waals surface area contributed by atoms with Gasteiger partial charge in [0.1, 0.15) is 6.54 Å². The van der Waals surface area contributed by atoms with Crippen LogP contribution in [0.5, 0.6) is 0 Å². The predicted molar refractivity (Wildman–Crippen MR) is 102 cm³/mol. The van der Waals surface area contributed by atoms with Crippen LogP contribution in [0.2, 0.25) is 0 Å². The quantitative estimate of drug-likeness (QED) is 0.510. The lowest BCUT2D eigenvalue weighted by atomic mass is 10.2. The SMILES string of the molecule is O=C(Cn1cnc2cc([N+](=O)[O-])ccc2c1=O)N1CCSc2ccccc21. The second-order valence-corrected chi connectivity index (χ2v) is 7.13. The van der Waals surface area contributed by atoms with Gasteiger partial charge in [0.25, 0.3) is 11.2 Å². The van der Waals surface area contributed by atoms with E-state index in [1.165, 1.54) is 29.1 Å². The van der Waals surface area contributed by atoms with Crippen LogP contribution in [0, 0.1) is 10.1 Å². The highest BCUT2D eigenvalue weighted by molar-refractivity contribution is 7.99. The zero-order valence-electron chi connectivity index (χ0n) is 14.1. The minimum atomic E-state index is -0.540. The number of amides is 1. The van der Waals surface area contributed by atoms with Gasteiger partial charge >= 0.3 is 0 Å². The van der Waals surface area contributed by atoms with E-state index >= 15 is 0 Å². The van der Waals surface area contributed by atoms with Crippen LogP contribution in [-0.4, -0.2) is 32.7 Å². The number of carbonyl (C=O) groups excluding carboxylic acids is 1. The van der Waals surface area contributed by atoms with Gasteiger partial charge in [-0.3, -0.25) is 24.3 Å². The minimum absolute atomic E-state index is 0.134. The van der Waals surface area contributed by atoms with Gasteiger partial charge in [0, 0.05) is 29.3 Å². The summed E-state index contributed by atoms with van der Waals surface area (Å²) in [5.41, 5.74) is 0.544. The number of hydrogen-bond acceptors (Lipinski definition) is 6. The molecule has 0 aliphatic carbocycles. The number of anilines is 1. The van der Waals surface area contributed by atoms with Crippen LogP contribution in [-0.2, 0) is 11.3 Å². The van der Waals surface area contributed by atoms with Gasteiger partial charge in [0.2, 0.25) is 5.91 Å². The van der Waals surface area contributed by atoms with E-state index in [2.05, 4.69) is 4.98 Å². The fraction of sp³-hybridized carbons (Fsp3) is 0.167. The third kappa shape index (κ3) is 3.17. The maximum absolute atomic E-state index is 12.8. The van der Waals surface area contributed by atoms with Gasteiger partial charge in [-0.25, -0.2) is 4.98 Å². The smallest absolute Gasteiger partial charge is 0.271 e. The van der Waals surface area contributed by atoms with E-state index in [4.69, 9.17) is 0 Å². The summed E-state index contributed by atoms with van der Waals surface area (Å²) in [6.45, 7) is 0.431. The van der Waals surface area contributed by atoms with Crippen LogP contribution in [0.15, 0.2) is 58.5 Å². The molecule has 0 saturated heterocycles. The number of nitrogens with zero attached hydrogens (tertiary/aromatic N) is 4. The van der Waals surface area contributed by atoms with E-state index < -0.39 is 10.5 Å². The average Bonchev–Trinajstić information content (AvgIpc) is 2.69. The molecule has 0 atom stereocenters. The Hall–Kier alpha value is -3.20. The molecule has 0 spiro atoms. The number of para-hydroxylation sites is 1. The van der Waals surface area contributed by atoms with Crippen LogP contribution in [0.4, 0.5) is 11.4 Å². The number of nitro groups is 1. The van der Waals surface area contributed by atoms with Crippen molar-refractivity contribution in [2.24, 2.45) is 0 Å². The van der Waals surface area contributed by atoms with Gasteiger partial charge in [-0.1, -0.05) is 12.1 Å². The normalized spacial score (nSPS) is 13.4. The van der Waals surface area contributed by atoms with Gasteiger partial charge in [0.15, 0.2) is 0 Å². The fourth-order valence-corrected chi connectivity index (χ4v) is 4.03. The maximum Gasteiger partial charge on any atom is 0.271 e. The van der Waals surface area contributed by atoms with Gasteiger partial charge in [0.05, 0.1) is 27.8 Å². The number of aromatic nitrogens is 2. The Morgan fingerprint density at radius 1 is 1.26 bits per heavy atom. The van der Waals surface area contributed by atoms with Crippen LogP contribution in [0.1, 0.15) is 0 Å². The summed E-state index contributed by atoms with van der Waals surface area (Å²) in [5.74, 6) is 0.588. The molecule has 0 unspecified atom stereocenters. The van der Waals surface area contributed by atoms with E-state index in [1.54, 1.807) is 16.7 Å². The fourth-order valence-electron chi connectivity index (χ4n) is 3.03. The highest BCUT2D eigenvalue weighted by Gasteiger charge is 2.23. The van der Waals surface area contributed by atoms with Crippen molar-refractivity contribution in [3.05, 3.63) is 69.3 Å². The number of thioether (sulfide) groups is 1. The lowest BCUT2D eigenvalue weighted by molar-refractivity contribution is -0.384. The van der Waals surface area contributed by atoms with Crippen molar-refractivity contribution in [1.82, 2.24) is 9.55 Å². The zero-order valence-corrected chi connectivity index (χ0v) is 14.9. The highest BCUT2D eigenvalue weighted by atomic mass is 32.2. The summed E-state index contributed by atoms with van der Waals surface area (Å²) in [4.78, 5) is 42.6. The largest absolute Gasteiger partial charge is 0.309 e. The van der Waals surface area contributed by atoms with Crippen LogP contribution in [0.25, 0.3) is 10.9 Å². The minimum Gasteiger partial charge on any atom is -0.309 e. The van der Waals surface area contributed by atoms with E-state index in [9.17, 15) is 19.7 Å². The van der Waals surface area contributed by atoms with Gasteiger partial charge in [-0.2, -0.15) is 0 Å². The number of nitro benzene ring substituents is 1. The summed E-state index contributed by atoms with van der Waals surface area (Å²) in [5, 5.41) is 11.1. The Kier molecular flexibility index (Phi) is 4.36. The van der Waals surface area contributed by atoms with Crippen molar-refractivity contribution >= 4 is 39.9 Å². The predicted octanol–water partition coefficient (Wildman–Crippen LogP) is 2.44. The maximum atomic E-state index is 12.8. The second-order valence-electron chi connectivity index (χ2n) is 6.00. The van der Waals surface area contributed by atoms with Crippen molar-refractivity contribution in [3.63, 3.8) is 0 Å². The average molecular weight is 382 g/mol. The van der Waals surface area contributed by atoms with Gasteiger partial charge < -0.3 is 4.90 Å². The van der Waals surface area contributed by atoms with Crippen molar-refractivity contribution in [2.45, 2.75) is 11.4 Å². The molecule has 0 bridgehead atoms. The summed E-state index contributed by atoms with van der Waals surface area (Å²) >= 11 is 1.70. The first kappa shape index (κ1) is 17.2. The molecule has 1 aromatic heterocycles. The van der Waals surface area contributed by atoms with Crippen molar-refractivity contribution < 1.29 is 9.72 Å². The molecule has 0 saturated carbocycles. The third-order valence-corrected chi connectivity index (χ3v) is 5.40. The number of hydrogen-bond donors (Lipinski definition) is 0. The lowest BCUT2D eigenvalue weighted by Gasteiger charge is -2.29. The zero-order chi connectivity index (χ0) is 19.0. The topological polar surface area (TPSA) is 98.3 Å². The molecule has 0 radical (unpaired) electrons. The molecule has 2 aromatic carbocycles. The molecule has 1 aliphatic heterocycles. The summed E-state index contributed by atoms with van der Waals surface area (Å²) in [6, 6.07) is 11.5. The molecule has 136 valence electrons. The number of carbonyl (C=O) groups is 1. The van der Waals surface area contributed by atoms with E-state index in [0.717, 1.165) is 16.3 Å². The molecule has 8 nitrogen and oxygen atoms in total. The Bertz CT molecular complexity index is 1130. The Morgan fingerprint density at radius 3 is 2.89 bits per heavy atom. The van der Waals surface area contributed by atoms with Crippen molar-refractivity contribution in [3.8, 4) is 0 Å².